The number of hydrogen-bond acceptors (Lipinski definition) is 5. The van der Waals surface area contributed by atoms with Crippen LogP contribution in [-0.4, -0.2) is 56.2 Å². The fourth-order valence-electron chi connectivity index (χ4n) is 5.10. The molecule has 1 N–H and O–H groups in total. The summed E-state index contributed by atoms with van der Waals surface area (Å²) < 4.78 is 16.4. The molecule has 2 amide bonds. The summed E-state index contributed by atoms with van der Waals surface area (Å²) in [5.41, 5.74) is 0.505. The third-order valence-electron chi connectivity index (χ3n) is 6.67. The van der Waals surface area contributed by atoms with Gasteiger partial charge in [-0.1, -0.05) is 31.0 Å². The number of benzene rings is 2. The Morgan fingerprint density at radius 2 is 1.79 bits per heavy atom. The lowest BCUT2D eigenvalue weighted by atomic mass is 9.84. The second-order valence-corrected chi connectivity index (χ2v) is 8.59. The maximum atomic E-state index is 13.6. The van der Waals surface area contributed by atoms with Crippen LogP contribution in [0, 0.1) is 5.92 Å². The van der Waals surface area contributed by atoms with Gasteiger partial charge in [0.15, 0.2) is 0 Å². The zero-order chi connectivity index (χ0) is 23.2. The predicted molar refractivity (Wildman–Crippen MR) is 125 cm³/mol. The van der Waals surface area contributed by atoms with Crippen molar-refractivity contribution in [2.45, 2.75) is 44.2 Å². The van der Waals surface area contributed by atoms with Crippen molar-refractivity contribution >= 4 is 11.8 Å². The van der Waals surface area contributed by atoms with Crippen LogP contribution < -0.4 is 19.5 Å². The third-order valence-corrected chi connectivity index (χ3v) is 6.67. The van der Waals surface area contributed by atoms with Crippen molar-refractivity contribution in [1.82, 2.24) is 10.2 Å². The third kappa shape index (κ3) is 5.07. The van der Waals surface area contributed by atoms with E-state index in [0.29, 0.717) is 42.6 Å². The average molecular weight is 453 g/mol. The summed E-state index contributed by atoms with van der Waals surface area (Å²) in [7, 11) is 3.17. The predicted octanol–water partition coefficient (Wildman–Crippen LogP) is 3.67. The number of ether oxygens (including phenoxy) is 3. The fourth-order valence-corrected chi connectivity index (χ4v) is 5.10. The molecule has 0 aromatic heterocycles. The molecule has 0 bridgehead atoms. The van der Waals surface area contributed by atoms with Crippen LogP contribution in [-0.2, 0) is 4.79 Å². The van der Waals surface area contributed by atoms with Crippen LogP contribution in [0.1, 0.15) is 42.5 Å². The maximum absolute atomic E-state index is 13.6. The molecule has 1 saturated carbocycles. The van der Waals surface area contributed by atoms with Gasteiger partial charge >= 0.3 is 0 Å². The van der Waals surface area contributed by atoms with Gasteiger partial charge < -0.3 is 24.4 Å². The molecule has 1 saturated heterocycles. The summed E-state index contributed by atoms with van der Waals surface area (Å²) in [6.07, 6.45) is 4.94. The highest BCUT2D eigenvalue weighted by molar-refractivity contribution is 6.00. The number of carbonyl (C=O) groups is 2. The zero-order valence-corrected chi connectivity index (χ0v) is 19.3. The van der Waals surface area contributed by atoms with E-state index in [4.69, 9.17) is 14.2 Å². The van der Waals surface area contributed by atoms with Crippen LogP contribution >= 0.6 is 0 Å². The molecule has 2 aliphatic rings. The molecule has 7 nitrogen and oxygen atoms in total. The Kier molecular flexibility index (Phi) is 7.37. The topological polar surface area (TPSA) is 77.1 Å². The first kappa shape index (κ1) is 23.0. The van der Waals surface area contributed by atoms with E-state index in [1.54, 1.807) is 32.4 Å². The summed E-state index contributed by atoms with van der Waals surface area (Å²) >= 11 is 0. The summed E-state index contributed by atoms with van der Waals surface area (Å²) in [4.78, 5) is 28.6. The van der Waals surface area contributed by atoms with Crippen LogP contribution in [0.4, 0.5) is 0 Å². The van der Waals surface area contributed by atoms with Crippen LogP contribution in [0.15, 0.2) is 48.5 Å². The van der Waals surface area contributed by atoms with Crippen molar-refractivity contribution < 1.29 is 23.8 Å². The maximum Gasteiger partial charge on any atom is 0.258 e. The molecule has 7 heteroatoms. The molecule has 176 valence electrons. The second-order valence-electron chi connectivity index (χ2n) is 8.59. The van der Waals surface area contributed by atoms with Gasteiger partial charge in [0.05, 0.1) is 26.3 Å². The van der Waals surface area contributed by atoms with E-state index in [9.17, 15) is 9.59 Å². The molecule has 2 aromatic carbocycles. The molecule has 4 rings (SSSR count). The number of nitrogens with zero attached hydrogens (tertiary/aromatic N) is 1. The van der Waals surface area contributed by atoms with Crippen molar-refractivity contribution in [2.24, 2.45) is 5.92 Å². The number of para-hydroxylation sites is 1. The lowest BCUT2D eigenvalue weighted by Gasteiger charge is -2.34. The Hall–Kier alpha value is -3.22. The summed E-state index contributed by atoms with van der Waals surface area (Å²) in [5.74, 6) is 2.05. The SMILES string of the molecule is COc1cccc(OCCNC(=O)C2CC3CCCCC3N2C(=O)c2ccccc2OC)c1. The average Bonchev–Trinajstić information content (AvgIpc) is 3.26. The number of likely N-dealkylation sites (tertiary alicyclic amines) is 1. The minimum Gasteiger partial charge on any atom is -0.497 e. The molecule has 3 unspecified atom stereocenters. The molecule has 1 heterocycles. The largest absolute Gasteiger partial charge is 0.497 e. The molecule has 0 spiro atoms. The van der Waals surface area contributed by atoms with Gasteiger partial charge in [-0.05, 0) is 49.4 Å². The van der Waals surface area contributed by atoms with Crippen molar-refractivity contribution in [3.63, 3.8) is 0 Å². The lowest BCUT2D eigenvalue weighted by Crippen LogP contribution is -2.50. The number of carbonyl (C=O) groups excluding carboxylic acids is 2. The number of amides is 2. The van der Waals surface area contributed by atoms with Gasteiger partial charge in [-0.25, -0.2) is 0 Å². The second kappa shape index (κ2) is 10.6. The number of nitrogens with one attached hydrogen (secondary N) is 1. The van der Waals surface area contributed by atoms with E-state index < -0.39 is 6.04 Å². The highest BCUT2D eigenvalue weighted by atomic mass is 16.5. The molecular weight excluding hydrogens is 420 g/mol. The summed E-state index contributed by atoms with van der Waals surface area (Å²) in [6.45, 7) is 0.692. The van der Waals surface area contributed by atoms with Gasteiger partial charge in [-0.15, -0.1) is 0 Å². The normalized spacial score (nSPS) is 21.8. The lowest BCUT2D eigenvalue weighted by molar-refractivity contribution is -0.125. The molecular formula is C26H32N2O5. The Bertz CT molecular complexity index is 979. The summed E-state index contributed by atoms with van der Waals surface area (Å²) in [6, 6.07) is 14.2. The molecule has 1 aliphatic carbocycles. The fraction of sp³-hybridized carbons (Fsp3) is 0.462. The van der Waals surface area contributed by atoms with Crippen molar-refractivity contribution in [3.05, 3.63) is 54.1 Å². The summed E-state index contributed by atoms with van der Waals surface area (Å²) in [5, 5.41) is 2.98. The number of methoxy groups -OCH3 is 2. The van der Waals surface area contributed by atoms with Gasteiger partial charge in [0, 0.05) is 12.1 Å². The Morgan fingerprint density at radius 3 is 2.61 bits per heavy atom. The minimum absolute atomic E-state index is 0.0972. The van der Waals surface area contributed by atoms with E-state index in [-0.39, 0.29) is 17.9 Å². The first-order valence-corrected chi connectivity index (χ1v) is 11.6. The van der Waals surface area contributed by atoms with Gasteiger partial charge in [-0.2, -0.15) is 0 Å². The Labute approximate surface area is 195 Å². The van der Waals surface area contributed by atoms with Crippen LogP contribution in [0.2, 0.25) is 0 Å². The molecule has 1 aliphatic heterocycles. The van der Waals surface area contributed by atoms with Gasteiger partial charge in [0.1, 0.15) is 29.9 Å². The standard InChI is InChI=1S/C26H32N2O5/c1-31-19-9-7-10-20(17-19)33-15-14-27-25(29)23-16-18-8-3-5-12-22(18)28(23)26(30)21-11-4-6-13-24(21)32-2/h4,6-7,9-11,13,17-18,22-23H,3,5,8,12,14-16H2,1-2H3,(H,27,29). The van der Waals surface area contributed by atoms with E-state index in [2.05, 4.69) is 5.32 Å². The number of rotatable bonds is 8. The molecule has 2 aromatic rings. The van der Waals surface area contributed by atoms with Gasteiger partial charge in [-0.3, -0.25) is 9.59 Å². The first-order valence-electron chi connectivity index (χ1n) is 11.6. The quantitative estimate of drug-likeness (QED) is 0.619. The minimum atomic E-state index is -0.479. The van der Waals surface area contributed by atoms with Crippen molar-refractivity contribution in [3.8, 4) is 17.2 Å². The van der Waals surface area contributed by atoms with E-state index >= 15 is 0 Å². The van der Waals surface area contributed by atoms with Crippen molar-refractivity contribution in [2.75, 3.05) is 27.4 Å². The molecule has 33 heavy (non-hydrogen) atoms. The van der Waals surface area contributed by atoms with Crippen molar-refractivity contribution in [1.29, 1.82) is 0 Å². The van der Waals surface area contributed by atoms with E-state index in [1.165, 1.54) is 0 Å². The highest BCUT2D eigenvalue weighted by Gasteiger charge is 2.47. The first-order chi connectivity index (χ1) is 16.1. The van der Waals surface area contributed by atoms with Crippen LogP contribution in [0.25, 0.3) is 0 Å². The van der Waals surface area contributed by atoms with Crippen LogP contribution in [0.3, 0.4) is 0 Å². The molecule has 3 atom stereocenters. The highest BCUT2D eigenvalue weighted by Crippen LogP contribution is 2.41. The van der Waals surface area contributed by atoms with E-state index in [1.807, 2.05) is 35.2 Å². The van der Waals surface area contributed by atoms with Crippen LogP contribution in [0.5, 0.6) is 17.2 Å². The van der Waals surface area contributed by atoms with E-state index in [0.717, 1.165) is 31.4 Å². The number of fused-ring (bicyclic) bond motifs is 1. The van der Waals surface area contributed by atoms with Gasteiger partial charge in [0.2, 0.25) is 5.91 Å². The smallest absolute Gasteiger partial charge is 0.258 e. The molecule has 2 fully saturated rings. The Morgan fingerprint density at radius 1 is 1.00 bits per heavy atom. The number of hydrogen-bond donors (Lipinski definition) is 1. The Balaban J connectivity index is 1.42. The van der Waals surface area contributed by atoms with Gasteiger partial charge in [0.25, 0.3) is 5.91 Å². The molecule has 0 radical (unpaired) electrons. The zero-order valence-electron chi connectivity index (χ0n) is 19.3. The monoisotopic (exact) mass is 452 g/mol.